The lowest BCUT2D eigenvalue weighted by atomic mass is 9.90. The molecule has 1 saturated heterocycles. The second-order valence-electron chi connectivity index (χ2n) is 5.70. The maximum absolute atomic E-state index is 11.7. The van der Waals surface area contributed by atoms with E-state index in [2.05, 4.69) is 11.8 Å². The molecule has 0 aliphatic carbocycles. The van der Waals surface area contributed by atoms with Gasteiger partial charge < -0.3 is 9.84 Å². The fourth-order valence-corrected chi connectivity index (χ4v) is 3.27. The van der Waals surface area contributed by atoms with Crippen molar-refractivity contribution in [1.29, 1.82) is 0 Å². The molecule has 1 heterocycles. The summed E-state index contributed by atoms with van der Waals surface area (Å²) in [5.74, 6) is -0.102. The van der Waals surface area contributed by atoms with Gasteiger partial charge >= 0.3 is 5.97 Å². The Morgan fingerprint density at radius 3 is 2.65 bits per heavy atom. The van der Waals surface area contributed by atoms with Gasteiger partial charge in [-0.2, -0.15) is 0 Å². The quantitative estimate of drug-likeness (QED) is 0.523. The van der Waals surface area contributed by atoms with Crippen LogP contribution in [0.3, 0.4) is 0 Å². The zero-order chi connectivity index (χ0) is 14.8. The zero-order valence-electron chi connectivity index (χ0n) is 13.1. The van der Waals surface area contributed by atoms with Gasteiger partial charge in [0.15, 0.2) is 0 Å². The first-order valence-electron chi connectivity index (χ1n) is 8.25. The molecule has 1 rings (SSSR count). The molecule has 2 unspecified atom stereocenters. The minimum atomic E-state index is -0.102. The highest BCUT2D eigenvalue weighted by Gasteiger charge is 2.31. The summed E-state index contributed by atoms with van der Waals surface area (Å²) in [7, 11) is 0. The van der Waals surface area contributed by atoms with Crippen LogP contribution in [0.25, 0.3) is 0 Å². The van der Waals surface area contributed by atoms with E-state index in [0.717, 1.165) is 6.42 Å². The first kappa shape index (κ1) is 17.4. The average molecular weight is 285 g/mol. The van der Waals surface area contributed by atoms with Gasteiger partial charge in [-0.3, -0.25) is 9.69 Å². The second-order valence-corrected chi connectivity index (χ2v) is 5.70. The molecule has 0 aromatic carbocycles. The van der Waals surface area contributed by atoms with Crippen molar-refractivity contribution in [1.82, 2.24) is 4.90 Å². The first-order valence-corrected chi connectivity index (χ1v) is 8.25. The van der Waals surface area contributed by atoms with Crippen LogP contribution in [0.1, 0.15) is 65.2 Å². The lowest BCUT2D eigenvalue weighted by molar-refractivity contribution is -0.145. The highest BCUT2D eigenvalue weighted by molar-refractivity contribution is 5.70. The van der Waals surface area contributed by atoms with E-state index in [4.69, 9.17) is 4.74 Å². The van der Waals surface area contributed by atoms with Gasteiger partial charge in [-0.05, 0) is 26.2 Å². The zero-order valence-corrected chi connectivity index (χ0v) is 13.1. The number of piperidine rings is 1. The predicted octanol–water partition coefficient (Wildman–Crippen LogP) is 2.74. The number of carbonyl (C=O) groups is 1. The number of nitrogens with zero attached hydrogens (tertiary/aromatic N) is 1. The van der Waals surface area contributed by atoms with Crippen LogP contribution in [-0.4, -0.2) is 47.8 Å². The van der Waals surface area contributed by atoms with Crippen LogP contribution in [0.4, 0.5) is 0 Å². The normalized spacial score (nSPS) is 23.8. The van der Waals surface area contributed by atoms with Crippen molar-refractivity contribution in [2.75, 3.05) is 19.8 Å². The summed E-state index contributed by atoms with van der Waals surface area (Å²) < 4.78 is 5.08. The number of carbonyl (C=O) groups excluding carboxylic acids is 1. The van der Waals surface area contributed by atoms with Crippen LogP contribution < -0.4 is 0 Å². The highest BCUT2D eigenvalue weighted by Crippen LogP contribution is 2.28. The summed E-state index contributed by atoms with van der Waals surface area (Å²) in [4.78, 5) is 14.1. The number of hydrogen-bond acceptors (Lipinski definition) is 4. The number of aliphatic hydroxyl groups excluding tert-OH is 1. The Hall–Kier alpha value is -0.610. The molecule has 0 saturated carbocycles. The number of esters is 1. The average Bonchev–Trinajstić information content (AvgIpc) is 2.42. The number of unbranched alkanes of at least 4 members (excludes halogenated alkanes) is 2. The highest BCUT2D eigenvalue weighted by atomic mass is 16.5. The van der Waals surface area contributed by atoms with Crippen LogP contribution in [0.5, 0.6) is 0 Å². The minimum absolute atomic E-state index is 0.102. The minimum Gasteiger partial charge on any atom is -0.466 e. The third-order valence-electron chi connectivity index (χ3n) is 4.22. The predicted molar refractivity (Wildman–Crippen MR) is 80.6 cm³/mol. The molecule has 4 nitrogen and oxygen atoms in total. The summed E-state index contributed by atoms with van der Waals surface area (Å²) in [6.45, 7) is 5.36. The van der Waals surface area contributed by atoms with E-state index < -0.39 is 0 Å². The van der Waals surface area contributed by atoms with Gasteiger partial charge in [-0.25, -0.2) is 0 Å². The van der Waals surface area contributed by atoms with Crippen molar-refractivity contribution in [3.63, 3.8) is 0 Å². The molecule has 0 bridgehead atoms. The summed E-state index contributed by atoms with van der Waals surface area (Å²) in [5, 5.41) is 9.31. The summed E-state index contributed by atoms with van der Waals surface area (Å²) in [5.41, 5.74) is 0. The van der Waals surface area contributed by atoms with Gasteiger partial charge in [-0.15, -0.1) is 0 Å². The SMILES string of the molecule is CCCCCC1CCCC(CC(=O)OCC)N1CCO. The Bertz CT molecular complexity index is 270. The van der Waals surface area contributed by atoms with Crippen molar-refractivity contribution in [2.24, 2.45) is 0 Å². The van der Waals surface area contributed by atoms with E-state index in [1.54, 1.807) is 0 Å². The molecule has 4 heteroatoms. The molecule has 2 atom stereocenters. The van der Waals surface area contributed by atoms with E-state index in [1.807, 2.05) is 6.92 Å². The molecule has 0 aromatic heterocycles. The van der Waals surface area contributed by atoms with E-state index in [-0.39, 0.29) is 18.6 Å². The Morgan fingerprint density at radius 2 is 2.00 bits per heavy atom. The lowest BCUT2D eigenvalue weighted by Crippen LogP contribution is -2.48. The van der Waals surface area contributed by atoms with E-state index >= 15 is 0 Å². The Morgan fingerprint density at radius 1 is 1.25 bits per heavy atom. The third kappa shape index (κ3) is 5.80. The fourth-order valence-electron chi connectivity index (χ4n) is 3.27. The second kappa shape index (κ2) is 10.2. The number of aliphatic hydroxyl groups is 1. The number of likely N-dealkylation sites (tertiary alicyclic amines) is 1. The van der Waals surface area contributed by atoms with Crippen molar-refractivity contribution in [3.05, 3.63) is 0 Å². The standard InChI is InChI=1S/C16H31NO3/c1-3-5-6-8-14-9-7-10-15(17(14)11-12-18)13-16(19)20-4-2/h14-15,18H,3-13H2,1-2H3. The fraction of sp³-hybridized carbons (Fsp3) is 0.938. The molecular weight excluding hydrogens is 254 g/mol. The molecule has 1 aliphatic rings. The van der Waals surface area contributed by atoms with Crippen molar-refractivity contribution < 1.29 is 14.6 Å². The molecule has 0 radical (unpaired) electrons. The molecule has 1 N–H and O–H groups in total. The Labute approximate surface area is 123 Å². The van der Waals surface area contributed by atoms with Crippen LogP contribution in [0, 0.1) is 0 Å². The van der Waals surface area contributed by atoms with E-state index in [0.29, 0.717) is 25.6 Å². The molecular formula is C16H31NO3. The van der Waals surface area contributed by atoms with Gasteiger partial charge in [0.05, 0.1) is 19.6 Å². The van der Waals surface area contributed by atoms with E-state index in [1.165, 1.54) is 38.5 Å². The molecule has 0 amide bonds. The molecule has 118 valence electrons. The topological polar surface area (TPSA) is 49.8 Å². The number of ether oxygens (including phenoxy) is 1. The largest absolute Gasteiger partial charge is 0.466 e. The molecule has 0 aromatic rings. The van der Waals surface area contributed by atoms with Crippen LogP contribution in [0.15, 0.2) is 0 Å². The number of rotatable bonds is 9. The van der Waals surface area contributed by atoms with Crippen molar-refractivity contribution in [2.45, 2.75) is 77.3 Å². The maximum atomic E-state index is 11.7. The van der Waals surface area contributed by atoms with Crippen LogP contribution >= 0.6 is 0 Å². The summed E-state index contributed by atoms with van der Waals surface area (Å²) in [6, 6.07) is 0.781. The van der Waals surface area contributed by atoms with Crippen molar-refractivity contribution in [3.8, 4) is 0 Å². The molecule has 20 heavy (non-hydrogen) atoms. The smallest absolute Gasteiger partial charge is 0.307 e. The number of β-amino-alcohol motifs (C(OH)–C–C–N with tert-alkyl or cyclic N) is 1. The van der Waals surface area contributed by atoms with Gasteiger partial charge in [0.2, 0.25) is 0 Å². The lowest BCUT2D eigenvalue weighted by Gasteiger charge is -2.42. The Kier molecular flexibility index (Phi) is 8.86. The van der Waals surface area contributed by atoms with E-state index in [9.17, 15) is 9.90 Å². The van der Waals surface area contributed by atoms with Gasteiger partial charge in [0, 0.05) is 18.6 Å². The maximum Gasteiger partial charge on any atom is 0.307 e. The molecule has 0 spiro atoms. The summed E-state index contributed by atoms with van der Waals surface area (Å²) in [6.07, 6.45) is 8.83. The summed E-state index contributed by atoms with van der Waals surface area (Å²) >= 11 is 0. The number of hydrogen-bond donors (Lipinski definition) is 1. The van der Waals surface area contributed by atoms with Crippen LogP contribution in [-0.2, 0) is 9.53 Å². The van der Waals surface area contributed by atoms with Gasteiger partial charge in [0.1, 0.15) is 0 Å². The molecule has 1 aliphatic heterocycles. The Balaban J connectivity index is 2.54. The van der Waals surface area contributed by atoms with Gasteiger partial charge in [0.25, 0.3) is 0 Å². The van der Waals surface area contributed by atoms with Crippen molar-refractivity contribution >= 4 is 5.97 Å². The van der Waals surface area contributed by atoms with Crippen LogP contribution in [0.2, 0.25) is 0 Å². The monoisotopic (exact) mass is 285 g/mol. The first-order chi connectivity index (χ1) is 9.72. The van der Waals surface area contributed by atoms with Gasteiger partial charge in [-0.1, -0.05) is 32.6 Å². The third-order valence-corrected chi connectivity index (χ3v) is 4.22. The molecule has 1 fully saturated rings.